The number of carbonyl (C=O) groups excluding carboxylic acids is 1. The van der Waals surface area contributed by atoms with Crippen LogP contribution < -0.4 is 19.8 Å². The predicted octanol–water partition coefficient (Wildman–Crippen LogP) is 5.65. The molecular formula is C28H25FN2O5. The molecule has 0 aliphatic carbocycles. The Balaban J connectivity index is 1.71. The SMILES string of the molecule is CCCCOc1ccc(C2c3c(oc4ccc(F)cc4c3=O)C(=O)N2c2ccccn2)cc1OCC. The molecule has 1 atom stereocenters. The minimum absolute atomic E-state index is 0.0685. The van der Waals surface area contributed by atoms with Gasteiger partial charge in [0.15, 0.2) is 16.9 Å². The summed E-state index contributed by atoms with van der Waals surface area (Å²) in [6, 6.07) is 13.3. The van der Waals surface area contributed by atoms with E-state index in [1.165, 1.54) is 17.0 Å². The van der Waals surface area contributed by atoms with E-state index in [-0.39, 0.29) is 22.3 Å². The molecule has 0 saturated heterocycles. The Morgan fingerprint density at radius 1 is 1.03 bits per heavy atom. The van der Waals surface area contributed by atoms with Gasteiger partial charge in [-0.25, -0.2) is 9.37 Å². The van der Waals surface area contributed by atoms with Crippen molar-refractivity contribution in [2.45, 2.75) is 32.7 Å². The monoisotopic (exact) mass is 488 g/mol. The van der Waals surface area contributed by atoms with Crippen molar-refractivity contribution in [3.63, 3.8) is 0 Å². The van der Waals surface area contributed by atoms with Gasteiger partial charge in [-0.3, -0.25) is 14.5 Å². The number of amides is 1. The van der Waals surface area contributed by atoms with Gasteiger partial charge in [-0.05, 0) is 61.4 Å². The number of fused-ring (bicyclic) bond motifs is 2. The molecule has 36 heavy (non-hydrogen) atoms. The number of carbonyl (C=O) groups is 1. The van der Waals surface area contributed by atoms with Crippen molar-refractivity contribution in [3.8, 4) is 11.5 Å². The molecule has 1 aliphatic rings. The lowest BCUT2D eigenvalue weighted by molar-refractivity contribution is 0.0970. The van der Waals surface area contributed by atoms with Crippen LogP contribution in [0.25, 0.3) is 11.0 Å². The van der Waals surface area contributed by atoms with E-state index in [2.05, 4.69) is 11.9 Å². The second kappa shape index (κ2) is 9.81. The van der Waals surface area contributed by atoms with Crippen LogP contribution in [0.1, 0.15) is 54.4 Å². The number of aromatic nitrogens is 1. The summed E-state index contributed by atoms with van der Waals surface area (Å²) in [6.07, 6.45) is 3.46. The number of hydrogen-bond donors (Lipinski definition) is 0. The summed E-state index contributed by atoms with van der Waals surface area (Å²) in [5.74, 6) is 0.285. The lowest BCUT2D eigenvalue weighted by Crippen LogP contribution is -2.30. The Morgan fingerprint density at radius 2 is 1.89 bits per heavy atom. The first-order valence-electron chi connectivity index (χ1n) is 11.9. The van der Waals surface area contributed by atoms with Crippen LogP contribution in [0, 0.1) is 5.82 Å². The second-order valence-corrected chi connectivity index (χ2v) is 8.42. The summed E-state index contributed by atoms with van der Waals surface area (Å²) in [6.45, 7) is 4.90. The summed E-state index contributed by atoms with van der Waals surface area (Å²) in [4.78, 5) is 33.0. The second-order valence-electron chi connectivity index (χ2n) is 8.42. The van der Waals surface area contributed by atoms with Gasteiger partial charge in [-0.15, -0.1) is 0 Å². The first-order chi connectivity index (χ1) is 17.5. The fourth-order valence-corrected chi connectivity index (χ4v) is 4.40. The van der Waals surface area contributed by atoms with Crippen LogP contribution >= 0.6 is 0 Å². The molecule has 0 radical (unpaired) electrons. The van der Waals surface area contributed by atoms with Crippen molar-refractivity contribution in [1.82, 2.24) is 4.98 Å². The lowest BCUT2D eigenvalue weighted by atomic mass is 9.98. The molecule has 1 aliphatic heterocycles. The highest BCUT2D eigenvalue weighted by atomic mass is 19.1. The first kappa shape index (κ1) is 23.5. The van der Waals surface area contributed by atoms with Crippen molar-refractivity contribution in [1.29, 1.82) is 0 Å². The summed E-state index contributed by atoms with van der Waals surface area (Å²) < 4.78 is 31.6. The van der Waals surface area contributed by atoms with E-state index >= 15 is 0 Å². The zero-order valence-electron chi connectivity index (χ0n) is 20.0. The van der Waals surface area contributed by atoms with Crippen molar-refractivity contribution >= 4 is 22.7 Å². The maximum Gasteiger partial charge on any atom is 0.296 e. The fourth-order valence-electron chi connectivity index (χ4n) is 4.40. The van der Waals surface area contributed by atoms with Gasteiger partial charge in [-0.1, -0.05) is 25.5 Å². The highest BCUT2D eigenvalue weighted by molar-refractivity contribution is 6.10. The third kappa shape index (κ3) is 4.08. The van der Waals surface area contributed by atoms with E-state index in [1.54, 1.807) is 42.6 Å². The molecule has 0 bridgehead atoms. The molecule has 4 aromatic rings. The van der Waals surface area contributed by atoms with Crippen LogP contribution in [-0.4, -0.2) is 24.1 Å². The number of nitrogens with zero attached hydrogens (tertiary/aromatic N) is 2. The van der Waals surface area contributed by atoms with Crippen molar-refractivity contribution < 1.29 is 23.1 Å². The Kier molecular flexibility index (Phi) is 6.41. The molecular weight excluding hydrogens is 463 g/mol. The third-order valence-electron chi connectivity index (χ3n) is 6.07. The number of benzene rings is 2. The average molecular weight is 489 g/mol. The van der Waals surface area contributed by atoms with Gasteiger partial charge in [-0.2, -0.15) is 0 Å². The van der Waals surface area contributed by atoms with Gasteiger partial charge >= 0.3 is 0 Å². The van der Waals surface area contributed by atoms with Gasteiger partial charge in [0.2, 0.25) is 5.76 Å². The summed E-state index contributed by atoms with van der Waals surface area (Å²) in [7, 11) is 0. The summed E-state index contributed by atoms with van der Waals surface area (Å²) in [5, 5.41) is 0.0685. The highest BCUT2D eigenvalue weighted by Gasteiger charge is 2.44. The van der Waals surface area contributed by atoms with Gasteiger partial charge in [0, 0.05) is 6.20 Å². The van der Waals surface area contributed by atoms with E-state index in [1.807, 2.05) is 6.92 Å². The average Bonchev–Trinajstić information content (AvgIpc) is 3.18. The maximum atomic E-state index is 14.0. The normalized spacial score (nSPS) is 14.8. The van der Waals surface area contributed by atoms with Crippen LogP contribution in [0.4, 0.5) is 10.2 Å². The van der Waals surface area contributed by atoms with Gasteiger partial charge in [0.1, 0.15) is 17.2 Å². The Labute approximate surface area is 207 Å². The van der Waals surface area contributed by atoms with Crippen LogP contribution in [0.5, 0.6) is 11.5 Å². The minimum Gasteiger partial charge on any atom is -0.490 e. The largest absolute Gasteiger partial charge is 0.490 e. The molecule has 8 heteroatoms. The van der Waals surface area contributed by atoms with E-state index in [9.17, 15) is 14.0 Å². The van der Waals surface area contributed by atoms with E-state index in [0.29, 0.717) is 36.1 Å². The number of anilines is 1. The zero-order chi connectivity index (χ0) is 25.2. The Bertz CT molecular complexity index is 1490. The number of rotatable bonds is 8. The molecule has 1 amide bonds. The van der Waals surface area contributed by atoms with Gasteiger partial charge < -0.3 is 13.9 Å². The molecule has 7 nitrogen and oxygen atoms in total. The lowest BCUT2D eigenvalue weighted by Gasteiger charge is -2.25. The molecule has 0 N–H and O–H groups in total. The van der Waals surface area contributed by atoms with Gasteiger partial charge in [0.25, 0.3) is 5.91 Å². The molecule has 5 rings (SSSR count). The number of halogens is 1. The number of unbranched alkanes of at least 4 members (excludes halogenated alkanes) is 1. The zero-order valence-corrected chi connectivity index (χ0v) is 20.0. The van der Waals surface area contributed by atoms with Crippen molar-refractivity contribution in [2.75, 3.05) is 18.1 Å². The predicted molar refractivity (Wildman–Crippen MR) is 133 cm³/mol. The van der Waals surface area contributed by atoms with Gasteiger partial charge in [0.05, 0.1) is 30.2 Å². The molecule has 0 spiro atoms. The van der Waals surface area contributed by atoms with E-state index < -0.39 is 23.2 Å². The molecule has 3 heterocycles. The quantitative estimate of drug-likeness (QED) is 0.298. The van der Waals surface area contributed by atoms with Crippen LogP contribution in [0.2, 0.25) is 0 Å². The van der Waals surface area contributed by atoms with E-state index in [4.69, 9.17) is 13.9 Å². The number of pyridine rings is 1. The third-order valence-corrected chi connectivity index (χ3v) is 6.07. The number of hydrogen-bond acceptors (Lipinski definition) is 6. The van der Waals surface area contributed by atoms with E-state index in [0.717, 1.165) is 18.9 Å². The van der Waals surface area contributed by atoms with Crippen LogP contribution in [-0.2, 0) is 0 Å². The molecule has 184 valence electrons. The minimum atomic E-state index is -0.852. The standard InChI is InChI=1S/C28H25FN2O5/c1-3-5-14-35-21-11-9-17(15-22(21)34-4-2)25-24-26(32)19-16-18(29)10-12-20(19)36-27(24)28(33)31(25)23-8-6-7-13-30-23/h6-13,15-16,25H,3-5,14H2,1-2H3. The molecule has 0 saturated carbocycles. The molecule has 2 aromatic heterocycles. The molecule has 0 fully saturated rings. The summed E-state index contributed by atoms with van der Waals surface area (Å²) in [5.41, 5.74) is 0.418. The smallest absolute Gasteiger partial charge is 0.296 e. The van der Waals surface area contributed by atoms with Crippen LogP contribution in [0.3, 0.4) is 0 Å². The topological polar surface area (TPSA) is 81.9 Å². The van der Waals surface area contributed by atoms with Crippen molar-refractivity contribution in [2.24, 2.45) is 0 Å². The maximum absolute atomic E-state index is 14.0. The highest BCUT2D eigenvalue weighted by Crippen LogP contribution is 2.42. The Morgan fingerprint density at radius 3 is 2.64 bits per heavy atom. The number of ether oxygens (including phenoxy) is 2. The van der Waals surface area contributed by atoms with Crippen molar-refractivity contribution in [3.05, 3.63) is 93.7 Å². The molecule has 1 unspecified atom stereocenters. The fraction of sp³-hybridized carbons (Fsp3) is 0.250. The molecule has 2 aromatic carbocycles. The van der Waals surface area contributed by atoms with Crippen LogP contribution in [0.15, 0.2) is 70.0 Å². The first-order valence-corrected chi connectivity index (χ1v) is 11.9. The summed E-state index contributed by atoms with van der Waals surface area (Å²) >= 11 is 0. The Hall–Kier alpha value is -4.20.